The number of amides is 2. The first-order valence-electron chi connectivity index (χ1n) is 11.0. The monoisotopic (exact) mass is 528 g/mol. The maximum atomic E-state index is 15.7. The van der Waals surface area contributed by atoms with E-state index in [-0.39, 0.29) is 17.8 Å². The Balaban J connectivity index is 1.71. The molecule has 3 aromatic rings. The van der Waals surface area contributed by atoms with Gasteiger partial charge in [0.25, 0.3) is 11.8 Å². The fraction of sp³-hybridized carbons (Fsp3) is 0.391. The van der Waals surface area contributed by atoms with Crippen molar-refractivity contribution >= 4 is 23.1 Å². The van der Waals surface area contributed by atoms with Gasteiger partial charge in [-0.05, 0) is 38.5 Å². The van der Waals surface area contributed by atoms with Crippen molar-refractivity contribution in [1.82, 2.24) is 24.8 Å². The highest BCUT2D eigenvalue weighted by atomic mass is 19.4. The number of benzene rings is 1. The Morgan fingerprint density at radius 3 is 2.46 bits per heavy atom. The molecule has 0 saturated carbocycles. The van der Waals surface area contributed by atoms with Crippen LogP contribution >= 0.6 is 0 Å². The summed E-state index contributed by atoms with van der Waals surface area (Å²) in [4.78, 5) is 29.6. The first-order chi connectivity index (χ1) is 17.1. The van der Waals surface area contributed by atoms with E-state index >= 15 is 4.39 Å². The number of nitrogens with one attached hydrogen (secondary N) is 1. The van der Waals surface area contributed by atoms with E-state index in [9.17, 15) is 31.5 Å². The van der Waals surface area contributed by atoms with Crippen molar-refractivity contribution in [3.63, 3.8) is 0 Å². The predicted molar refractivity (Wildman–Crippen MR) is 120 cm³/mol. The number of aryl methyl sites for hydroxylation is 1. The minimum atomic E-state index is -4.86. The van der Waals surface area contributed by atoms with E-state index in [1.165, 1.54) is 19.1 Å². The zero-order valence-electron chi connectivity index (χ0n) is 19.8. The molecule has 0 spiro atoms. The normalized spacial score (nSPS) is 18.5. The second-order valence-corrected chi connectivity index (χ2v) is 9.24. The molecule has 2 aromatic heterocycles. The van der Waals surface area contributed by atoms with Crippen molar-refractivity contribution < 1.29 is 35.9 Å². The van der Waals surface area contributed by atoms with Gasteiger partial charge < -0.3 is 16.0 Å². The van der Waals surface area contributed by atoms with Crippen molar-refractivity contribution in [2.45, 2.75) is 44.8 Å². The highest BCUT2D eigenvalue weighted by Crippen LogP contribution is 2.39. The Morgan fingerprint density at radius 2 is 1.84 bits per heavy atom. The topological polar surface area (TPSA) is 106 Å². The molecule has 2 atom stereocenters. The molecule has 0 radical (unpaired) electrons. The van der Waals surface area contributed by atoms with Gasteiger partial charge in [0.2, 0.25) is 0 Å². The standard InChI is InChI=1S/C23H22F6N6O2/c1-10-4-5-11(15-6-12(23(27,28)29)18-19(30)31-9-32-35(15)18)17(25)16(10)20(36)33-14-8-34(7-13(14)24)21(37)22(2,3)26/h4-6,9,13-14H,7-8H2,1-3H3,(H,33,36)(H2,30,31,32)/t13-,14+/m0/s1. The lowest BCUT2D eigenvalue weighted by Gasteiger charge is -2.22. The van der Waals surface area contributed by atoms with Crippen molar-refractivity contribution in [3.05, 3.63) is 47.0 Å². The summed E-state index contributed by atoms with van der Waals surface area (Å²) < 4.78 is 86.0. The highest BCUT2D eigenvalue weighted by Gasteiger charge is 2.42. The van der Waals surface area contributed by atoms with Gasteiger partial charge >= 0.3 is 6.18 Å². The van der Waals surface area contributed by atoms with Crippen molar-refractivity contribution in [2.75, 3.05) is 18.8 Å². The van der Waals surface area contributed by atoms with Crippen molar-refractivity contribution in [2.24, 2.45) is 0 Å². The van der Waals surface area contributed by atoms with Gasteiger partial charge in [0, 0.05) is 12.1 Å². The predicted octanol–water partition coefficient (Wildman–Crippen LogP) is 3.47. The van der Waals surface area contributed by atoms with Crippen LogP contribution in [0.1, 0.15) is 35.3 Å². The summed E-state index contributed by atoms with van der Waals surface area (Å²) in [6.07, 6.45) is -5.70. The molecule has 14 heteroatoms. The summed E-state index contributed by atoms with van der Waals surface area (Å²) in [6, 6.07) is 1.89. The number of carbonyl (C=O) groups excluding carboxylic acids is 2. The molecular formula is C23H22F6N6O2. The van der Waals surface area contributed by atoms with Crippen molar-refractivity contribution in [3.8, 4) is 11.3 Å². The number of likely N-dealkylation sites (tertiary alicyclic amines) is 1. The van der Waals surface area contributed by atoms with E-state index < -0.39 is 76.3 Å². The van der Waals surface area contributed by atoms with Crippen LogP contribution in [0.4, 0.5) is 32.2 Å². The third kappa shape index (κ3) is 4.67. The number of anilines is 1. The van der Waals surface area contributed by atoms with Gasteiger partial charge in [0.15, 0.2) is 11.5 Å². The number of rotatable bonds is 4. The molecule has 2 amide bonds. The third-order valence-corrected chi connectivity index (χ3v) is 6.10. The van der Waals surface area contributed by atoms with Gasteiger partial charge in [0.1, 0.15) is 23.8 Å². The molecule has 8 nitrogen and oxygen atoms in total. The lowest BCUT2D eigenvalue weighted by atomic mass is 10.0. The summed E-state index contributed by atoms with van der Waals surface area (Å²) in [5, 5.41) is 6.08. The van der Waals surface area contributed by atoms with Crippen LogP contribution in [0.2, 0.25) is 0 Å². The molecule has 0 unspecified atom stereocenters. The van der Waals surface area contributed by atoms with E-state index in [0.717, 1.165) is 29.6 Å². The molecule has 1 aromatic carbocycles. The Bertz CT molecular complexity index is 1400. The van der Waals surface area contributed by atoms with Crippen LogP contribution in [-0.4, -0.2) is 62.3 Å². The van der Waals surface area contributed by atoms with Crippen LogP contribution in [0.25, 0.3) is 16.8 Å². The van der Waals surface area contributed by atoms with E-state index in [1.54, 1.807) is 0 Å². The van der Waals surface area contributed by atoms with Crippen LogP contribution in [0.5, 0.6) is 0 Å². The Kier molecular flexibility index (Phi) is 6.32. The maximum Gasteiger partial charge on any atom is 0.418 e. The molecule has 0 bridgehead atoms. The molecule has 0 aliphatic carbocycles. The molecule has 1 aliphatic heterocycles. The van der Waals surface area contributed by atoms with E-state index in [1.807, 2.05) is 0 Å². The number of halogens is 6. The number of hydrogen-bond donors (Lipinski definition) is 2. The number of nitrogens with zero attached hydrogens (tertiary/aromatic N) is 4. The third-order valence-electron chi connectivity index (χ3n) is 6.10. The fourth-order valence-electron chi connectivity index (χ4n) is 4.31. The smallest absolute Gasteiger partial charge is 0.382 e. The molecule has 3 N–H and O–H groups in total. The largest absolute Gasteiger partial charge is 0.418 e. The van der Waals surface area contributed by atoms with Gasteiger partial charge in [0.05, 0.1) is 29.4 Å². The Labute approximate surface area is 206 Å². The molecule has 4 rings (SSSR count). The van der Waals surface area contributed by atoms with Gasteiger partial charge in [-0.2, -0.15) is 18.3 Å². The summed E-state index contributed by atoms with van der Waals surface area (Å²) in [5.41, 5.74) is 0.459. The number of fused-ring (bicyclic) bond motifs is 1. The minimum absolute atomic E-state index is 0.121. The maximum absolute atomic E-state index is 15.7. The Morgan fingerprint density at radius 1 is 1.16 bits per heavy atom. The first kappa shape index (κ1) is 26.2. The summed E-state index contributed by atoms with van der Waals surface area (Å²) in [6.45, 7) is 2.63. The molecule has 198 valence electrons. The molecular weight excluding hydrogens is 506 g/mol. The highest BCUT2D eigenvalue weighted by molar-refractivity contribution is 5.98. The summed E-state index contributed by atoms with van der Waals surface area (Å²) in [7, 11) is 0. The average Bonchev–Trinajstić information content (AvgIpc) is 3.34. The van der Waals surface area contributed by atoms with Gasteiger partial charge in [-0.15, -0.1) is 0 Å². The van der Waals surface area contributed by atoms with Crippen LogP contribution < -0.4 is 11.1 Å². The summed E-state index contributed by atoms with van der Waals surface area (Å²) in [5.74, 6) is -3.67. The van der Waals surface area contributed by atoms with Gasteiger partial charge in [-0.3, -0.25) is 9.59 Å². The Hall–Kier alpha value is -3.84. The van der Waals surface area contributed by atoms with Crippen LogP contribution in [0.15, 0.2) is 24.5 Å². The quantitative estimate of drug-likeness (QED) is 0.505. The van der Waals surface area contributed by atoms with E-state index in [4.69, 9.17) is 5.73 Å². The molecule has 37 heavy (non-hydrogen) atoms. The fourth-order valence-corrected chi connectivity index (χ4v) is 4.31. The van der Waals surface area contributed by atoms with Gasteiger partial charge in [-0.1, -0.05) is 6.07 Å². The molecule has 3 heterocycles. The zero-order chi connectivity index (χ0) is 27.4. The lowest BCUT2D eigenvalue weighted by molar-refractivity contribution is -0.141. The number of hydrogen-bond acceptors (Lipinski definition) is 5. The van der Waals surface area contributed by atoms with E-state index in [0.29, 0.717) is 6.07 Å². The zero-order valence-corrected chi connectivity index (χ0v) is 19.8. The molecule has 1 aliphatic rings. The minimum Gasteiger partial charge on any atom is -0.382 e. The summed E-state index contributed by atoms with van der Waals surface area (Å²) >= 11 is 0. The SMILES string of the molecule is Cc1ccc(-c2cc(C(F)(F)F)c3c(N)ncnn23)c(F)c1C(=O)N[C@@H]1CN(C(=O)C(C)(C)F)C[C@@H]1F. The lowest BCUT2D eigenvalue weighted by Crippen LogP contribution is -2.44. The second kappa shape index (κ2) is 8.92. The van der Waals surface area contributed by atoms with Crippen LogP contribution in [-0.2, 0) is 11.0 Å². The first-order valence-corrected chi connectivity index (χ1v) is 11.0. The number of nitrogen functional groups attached to an aromatic ring is 1. The molecule has 1 fully saturated rings. The molecule has 1 saturated heterocycles. The second-order valence-electron chi connectivity index (χ2n) is 9.24. The average molecular weight is 528 g/mol. The number of alkyl halides is 5. The van der Waals surface area contributed by atoms with Crippen LogP contribution in [0.3, 0.4) is 0 Å². The van der Waals surface area contributed by atoms with Crippen molar-refractivity contribution in [1.29, 1.82) is 0 Å². The number of carbonyl (C=O) groups is 2. The number of aromatic nitrogens is 3. The van der Waals surface area contributed by atoms with E-state index in [2.05, 4.69) is 15.4 Å². The van der Waals surface area contributed by atoms with Gasteiger partial charge in [-0.25, -0.2) is 22.7 Å². The number of nitrogens with two attached hydrogens (primary N) is 1. The van der Waals surface area contributed by atoms with Crippen LogP contribution in [0, 0.1) is 12.7 Å².